The van der Waals surface area contributed by atoms with Crippen molar-refractivity contribution < 1.29 is 32.6 Å². The highest BCUT2D eigenvalue weighted by atomic mass is 79.9. The van der Waals surface area contributed by atoms with Crippen LogP contribution in [-0.4, -0.2) is 56.1 Å². The number of nitrogens with zero attached hydrogens (tertiary/aromatic N) is 1. The molecule has 2 N–H and O–H groups in total. The number of hydrogen-bond acceptors (Lipinski definition) is 6. The van der Waals surface area contributed by atoms with E-state index in [1.54, 1.807) is 24.3 Å². The summed E-state index contributed by atoms with van der Waals surface area (Å²) in [6.07, 6.45) is 4.30. The number of halogens is 1. The molecule has 2 amide bonds. The number of anilines is 1. The van der Waals surface area contributed by atoms with Crippen LogP contribution >= 0.6 is 15.9 Å². The Balaban J connectivity index is 0.00000106. The molecule has 1 aliphatic heterocycles. The summed E-state index contributed by atoms with van der Waals surface area (Å²) >= 11 is 3.41. The van der Waals surface area contributed by atoms with Crippen LogP contribution in [0.25, 0.3) is 0 Å². The van der Waals surface area contributed by atoms with Gasteiger partial charge in [-0.25, -0.2) is 13.2 Å². The van der Waals surface area contributed by atoms with Crippen molar-refractivity contribution in [2.75, 3.05) is 31.0 Å². The van der Waals surface area contributed by atoms with E-state index in [9.17, 15) is 18.0 Å². The summed E-state index contributed by atoms with van der Waals surface area (Å²) in [5.41, 5.74) is 1.48. The van der Waals surface area contributed by atoms with Gasteiger partial charge in [0.25, 0.3) is 5.91 Å². The molecule has 0 aromatic heterocycles. The van der Waals surface area contributed by atoms with Crippen molar-refractivity contribution in [2.45, 2.75) is 38.8 Å². The van der Waals surface area contributed by atoms with E-state index in [1.165, 1.54) is 37.3 Å². The van der Waals surface area contributed by atoms with Crippen molar-refractivity contribution >= 4 is 43.5 Å². The van der Waals surface area contributed by atoms with Crippen LogP contribution in [0.2, 0.25) is 0 Å². The molecule has 0 bridgehead atoms. The van der Waals surface area contributed by atoms with Crippen molar-refractivity contribution in [1.82, 2.24) is 4.90 Å². The first-order valence-corrected chi connectivity index (χ1v) is 14.0. The molecule has 1 fully saturated rings. The number of rotatable bonds is 8. The van der Waals surface area contributed by atoms with E-state index in [-0.39, 0.29) is 23.5 Å². The molecule has 4 rings (SSSR count). The Bertz CT molecular complexity index is 1210. The third-order valence-electron chi connectivity index (χ3n) is 5.36. The second-order valence-corrected chi connectivity index (χ2v) is 11.4. The van der Waals surface area contributed by atoms with Crippen LogP contribution in [0.1, 0.15) is 53.7 Å². The molecule has 0 spiro atoms. The maximum Gasteiger partial charge on any atom is 0.409 e. The molecule has 9 nitrogen and oxygen atoms in total. The second kappa shape index (κ2) is 11.3. The second-order valence-electron chi connectivity index (χ2n) is 8.32. The van der Waals surface area contributed by atoms with Crippen LogP contribution in [0.5, 0.6) is 11.5 Å². The Kier molecular flexibility index (Phi) is 8.65. The maximum absolute atomic E-state index is 13.4. The number of carbonyl (C=O) groups is 2. The van der Waals surface area contributed by atoms with Gasteiger partial charge in [0.2, 0.25) is 0 Å². The summed E-state index contributed by atoms with van der Waals surface area (Å²) in [6, 6.07) is 7.34. The predicted molar refractivity (Wildman–Crippen MR) is 136 cm³/mol. The summed E-state index contributed by atoms with van der Waals surface area (Å²) in [5.74, 6) is 0.140. The average Bonchev–Trinajstić information content (AvgIpc) is 3.63. The van der Waals surface area contributed by atoms with Gasteiger partial charge in [0.05, 0.1) is 36.8 Å². The van der Waals surface area contributed by atoms with Crippen molar-refractivity contribution in [2.24, 2.45) is 0 Å². The highest BCUT2D eigenvalue weighted by molar-refractivity contribution is 9.10. The minimum Gasteiger partial charge on any atom is -0.493 e. The van der Waals surface area contributed by atoms with E-state index in [0.29, 0.717) is 33.7 Å². The molecular formula is C24H29BrN2O7S. The van der Waals surface area contributed by atoms with Gasteiger partial charge >= 0.3 is 6.09 Å². The van der Waals surface area contributed by atoms with Crippen molar-refractivity contribution in [1.29, 1.82) is 0 Å². The number of amides is 2. The number of fused-ring (bicyclic) bond motifs is 1. The molecule has 35 heavy (non-hydrogen) atoms. The van der Waals surface area contributed by atoms with Crippen molar-refractivity contribution in [3.8, 4) is 11.5 Å². The van der Waals surface area contributed by atoms with Crippen LogP contribution < -0.4 is 14.8 Å². The van der Waals surface area contributed by atoms with Crippen LogP contribution in [0.15, 0.2) is 34.8 Å². The van der Waals surface area contributed by atoms with Gasteiger partial charge in [0.15, 0.2) is 11.5 Å². The van der Waals surface area contributed by atoms with Gasteiger partial charge in [-0.3, -0.25) is 10.1 Å². The molecule has 11 heteroatoms. The van der Waals surface area contributed by atoms with Crippen LogP contribution in [0.4, 0.5) is 10.5 Å². The predicted octanol–water partition coefficient (Wildman–Crippen LogP) is 4.86. The topological polar surface area (TPSA) is 122 Å². The van der Waals surface area contributed by atoms with E-state index in [4.69, 9.17) is 14.6 Å². The number of hydrogen-bond donors (Lipinski definition) is 2. The largest absolute Gasteiger partial charge is 0.493 e. The van der Waals surface area contributed by atoms with Gasteiger partial charge in [0.1, 0.15) is 9.84 Å². The first-order valence-electron chi connectivity index (χ1n) is 11.2. The van der Waals surface area contributed by atoms with Gasteiger partial charge in [-0.05, 0) is 36.8 Å². The quantitative estimate of drug-likeness (QED) is 0.466. The minimum atomic E-state index is -3.49. The molecule has 1 heterocycles. The fourth-order valence-electron chi connectivity index (χ4n) is 3.70. The fraction of sp³-hybridized carbons (Fsp3) is 0.417. The molecule has 190 valence electrons. The van der Waals surface area contributed by atoms with Gasteiger partial charge in [-0.15, -0.1) is 0 Å². The summed E-state index contributed by atoms with van der Waals surface area (Å²) in [7, 11) is -1.99. The number of carbonyl (C=O) groups excluding carboxylic acids is 1. The summed E-state index contributed by atoms with van der Waals surface area (Å²) in [5, 5.41) is 11.4. The molecule has 1 atom stereocenters. The third kappa shape index (κ3) is 6.88. The standard InChI is InChI=1S/C21H23BrN2O7S.C3H6/c1-4-31-18-9-12(5-8-17(18)30-2)16(11-32(3,28)29)24-10-13-14(22)6-7-15(23-21(26)27)19(13)20(24)25;1-2-3-1/h5-9,16,23H,4,10-11H2,1-3H3,(H,26,27);1-3H2/t16-;/m1./s1. The lowest BCUT2D eigenvalue weighted by molar-refractivity contribution is 0.0719. The Morgan fingerprint density at radius 1 is 1.20 bits per heavy atom. The van der Waals surface area contributed by atoms with E-state index >= 15 is 0 Å². The number of ether oxygens (including phenoxy) is 2. The van der Waals surface area contributed by atoms with Crippen molar-refractivity contribution in [3.63, 3.8) is 0 Å². The zero-order valence-corrected chi connectivity index (χ0v) is 22.2. The lowest BCUT2D eigenvalue weighted by Crippen LogP contribution is -2.34. The molecular weight excluding hydrogens is 540 g/mol. The maximum atomic E-state index is 13.4. The zero-order valence-electron chi connectivity index (χ0n) is 19.8. The number of nitrogens with one attached hydrogen (secondary N) is 1. The smallest absolute Gasteiger partial charge is 0.409 e. The highest BCUT2D eigenvalue weighted by Gasteiger charge is 2.38. The van der Waals surface area contributed by atoms with E-state index in [1.807, 2.05) is 6.92 Å². The number of carboxylic acid groups (broad SMARTS) is 1. The molecule has 2 aromatic carbocycles. The third-order valence-corrected chi connectivity index (χ3v) is 7.03. The van der Waals surface area contributed by atoms with Crippen LogP contribution in [0, 0.1) is 0 Å². The summed E-state index contributed by atoms with van der Waals surface area (Å²) in [4.78, 5) is 26.0. The Hall–Kier alpha value is -2.79. The Labute approximate surface area is 213 Å². The minimum absolute atomic E-state index is 0.111. The summed E-state index contributed by atoms with van der Waals surface area (Å²) in [6.45, 7) is 2.30. The normalized spacial score (nSPS) is 15.0. The highest BCUT2D eigenvalue weighted by Crippen LogP contribution is 2.40. The molecule has 2 aliphatic rings. The van der Waals surface area contributed by atoms with Crippen LogP contribution in [-0.2, 0) is 16.4 Å². The number of methoxy groups -OCH3 is 1. The van der Waals surface area contributed by atoms with E-state index in [0.717, 1.165) is 6.26 Å². The van der Waals surface area contributed by atoms with Gasteiger partial charge in [-0.2, -0.15) is 0 Å². The average molecular weight is 569 g/mol. The Morgan fingerprint density at radius 3 is 2.43 bits per heavy atom. The van der Waals surface area contributed by atoms with E-state index in [2.05, 4.69) is 21.2 Å². The first-order chi connectivity index (χ1) is 16.6. The van der Waals surface area contributed by atoms with E-state index < -0.39 is 27.9 Å². The Morgan fingerprint density at radius 2 is 1.89 bits per heavy atom. The fourth-order valence-corrected chi connectivity index (χ4v) is 5.10. The number of sulfone groups is 1. The molecule has 0 radical (unpaired) electrons. The van der Waals surface area contributed by atoms with Crippen LogP contribution in [0.3, 0.4) is 0 Å². The van der Waals surface area contributed by atoms with Crippen molar-refractivity contribution in [3.05, 3.63) is 51.5 Å². The van der Waals surface area contributed by atoms with Gasteiger partial charge in [0, 0.05) is 22.8 Å². The molecule has 0 saturated heterocycles. The lowest BCUT2D eigenvalue weighted by Gasteiger charge is -2.28. The van der Waals surface area contributed by atoms with Gasteiger partial charge < -0.3 is 19.5 Å². The molecule has 2 aromatic rings. The monoisotopic (exact) mass is 568 g/mol. The molecule has 0 unspecified atom stereocenters. The number of benzene rings is 2. The zero-order chi connectivity index (χ0) is 25.8. The summed E-state index contributed by atoms with van der Waals surface area (Å²) < 4.78 is 36.1. The lowest BCUT2D eigenvalue weighted by atomic mass is 10.1. The first kappa shape index (κ1) is 26.8. The SMILES string of the molecule is C1CC1.CCOc1cc([C@@H](CS(C)(=O)=O)N2Cc3c(Br)ccc(NC(=O)O)c3C2=O)ccc1OC. The molecule has 1 aliphatic carbocycles. The van der Waals surface area contributed by atoms with Gasteiger partial charge in [-0.1, -0.05) is 41.3 Å². The molecule has 1 saturated carbocycles.